The van der Waals surface area contributed by atoms with Crippen molar-refractivity contribution >= 4 is 29.1 Å². The number of carbonyl (C=O) groups is 3. The van der Waals surface area contributed by atoms with E-state index < -0.39 is 40.4 Å². The minimum absolute atomic E-state index is 0.110. The van der Waals surface area contributed by atoms with Crippen LogP contribution in [0.3, 0.4) is 0 Å². The van der Waals surface area contributed by atoms with Crippen LogP contribution < -0.4 is 19.1 Å². The molecule has 2 aliphatic rings. The number of hydrogen-bond acceptors (Lipinski definition) is 8. The molecule has 2 heterocycles. The van der Waals surface area contributed by atoms with Gasteiger partial charge in [0.25, 0.3) is 23.4 Å². The first-order valence-electron chi connectivity index (χ1n) is 11.2. The van der Waals surface area contributed by atoms with Crippen LogP contribution in [-0.4, -0.2) is 54.9 Å². The van der Waals surface area contributed by atoms with E-state index in [2.05, 4.69) is 0 Å². The standard InChI is InChI=1S/C26H21N3O8/c1-35-16-10-8-15(9-11-16)27-22(14-7-12-19(36-2)20(13-14)37-3)23(26(27)32)28-24(30)17-5-4-6-18(29(33)34)21(17)25(28)31/h4-13,22-23H,1-3H3/t22-,23-/m1/s1. The maximum absolute atomic E-state index is 13.6. The number of ether oxygens (including phenoxy) is 3. The smallest absolute Gasteiger partial charge is 0.282 e. The summed E-state index contributed by atoms with van der Waals surface area (Å²) in [6.45, 7) is 0. The molecule has 2 atom stereocenters. The third kappa shape index (κ3) is 3.54. The number of nitro groups is 1. The van der Waals surface area contributed by atoms with Gasteiger partial charge in [0.15, 0.2) is 11.5 Å². The number of rotatable bonds is 7. The molecule has 11 heteroatoms. The fraction of sp³-hybridized carbons (Fsp3) is 0.192. The molecule has 0 bridgehead atoms. The van der Waals surface area contributed by atoms with Gasteiger partial charge in [0, 0.05) is 11.8 Å². The van der Waals surface area contributed by atoms with Crippen LogP contribution in [0.4, 0.5) is 11.4 Å². The summed E-state index contributed by atoms with van der Waals surface area (Å²) in [5.74, 6) is -0.718. The number of β-lactam (4-membered cyclic amide) rings is 1. The van der Waals surface area contributed by atoms with Crippen molar-refractivity contribution in [2.45, 2.75) is 12.1 Å². The Morgan fingerprint density at radius 1 is 0.784 bits per heavy atom. The normalized spacial score (nSPS) is 18.4. The van der Waals surface area contributed by atoms with Crippen molar-refractivity contribution in [1.29, 1.82) is 0 Å². The Morgan fingerprint density at radius 2 is 1.49 bits per heavy atom. The van der Waals surface area contributed by atoms with E-state index in [-0.39, 0.29) is 11.1 Å². The molecule has 3 aromatic rings. The zero-order valence-electron chi connectivity index (χ0n) is 20.0. The largest absolute Gasteiger partial charge is 0.497 e. The van der Waals surface area contributed by atoms with Gasteiger partial charge in [-0.15, -0.1) is 0 Å². The maximum Gasteiger partial charge on any atom is 0.282 e. The number of benzene rings is 3. The zero-order valence-corrected chi connectivity index (χ0v) is 20.0. The van der Waals surface area contributed by atoms with Gasteiger partial charge in [-0.1, -0.05) is 12.1 Å². The summed E-state index contributed by atoms with van der Waals surface area (Å²) >= 11 is 0. The van der Waals surface area contributed by atoms with E-state index in [1.807, 2.05) is 0 Å². The average Bonchev–Trinajstić information content (AvgIpc) is 3.16. The number of anilines is 1. The zero-order chi connectivity index (χ0) is 26.4. The molecule has 2 aliphatic heterocycles. The van der Waals surface area contributed by atoms with E-state index in [1.54, 1.807) is 42.5 Å². The van der Waals surface area contributed by atoms with Gasteiger partial charge in [0.1, 0.15) is 17.4 Å². The topological polar surface area (TPSA) is 129 Å². The predicted molar refractivity (Wildman–Crippen MR) is 130 cm³/mol. The van der Waals surface area contributed by atoms with Crippen LogP contribution >= 0.6 is 0 Å². The minimum Gasteiger partial charge on any atom is -0.497 e. The second-order valence-electron chi connectivity index (χ2n) is 8.35. The third-order valence-electron chi connectivity index (χ3n) is 6.57. The van der Waals surface area contributed by atoms with Gasteiger partial charge in [0.05, 0.1) is 37.9 Å². The number of nitro benzene ring substituents is 1. The quantitative estimate of drug-likeness (QED) is 0.208. The first kappa shape index (κ1) is 23.8. The Bertz CT molecular complexity index is 1450. The monoisotopic (exact) mass is 503 g/mol. The van der Waals surface area contributed by atoms with Gasteiger partial charge in [-0.2, -0.15) is 0 Å². The summed E-state index contributed by atoms with van der Waals surface area (Å²) in [6, 6.07) is 13.6. The lowest BCUT2D eigenvalue weighted by Gasteiger charge is -2.49. The molecule has 0 N–H and O–H groups in total. The van der Waals surface area contributed by atoms with Crippen molar-refractivity contribution in [3.8, 4) is 17.2 Å². The molecule has 3 amide bonds. The molecule has 5 rings (SSSR count). The lowest BCUT2D eigenvalue weighted by atomic mass is 9.86. The molecule has 0 unspecified atom stereocenters. The van der Waals surface area contributed by atoms with Gasteiger partial charge in [0.2, 0.25) is 0 Å². The summed E-state index contributed by atoms with van der Waals surface area (Å²) < 4.78 is 15.9. The number of carbonyl (C=O) groups excluding carboxylic acids is 3. The second kappa shape index (κ2) is 8.94. The molecule has 0 saturated carbocycles. The van der Waals surface area contributed by atoms with E-state index >= 15 is 0 Å². The molecule has 188 valence electrons. The number of fused-ring (bicyclic) bond motifs is 1. The Balaban J connectivity index is 1.61. The van der Waals surface area contributed by atoms with E-state index in [9.17, 15) is 24.5 Å². The first-order valence-corrected chi connectivity index (χ1v) is 11.2. The Hall–Kier alpha value is -4.93. The Morgan fingerprint density at radius 3 is 2.11 bits per heavy atom. The molecule has 37 heavy (non-hydrogen) atoms. The number of imide groups is 1. The predicted octanol–water partition coefficient (Wildman–Crippen LogP) is 3.37. The van der Waals surface area contributed by atoms with Crippen molar-refractivity contribution in [3.05, 3.63) is 87.5 Å². The minimum atomic E-state index is -1.23. The molecule has 0 aliphatic carbocycles. The Kier molecular flexibility index (Phi) is 5.75. The van der Waals surface area contributed by atoms with Gasteiger partial charge in [-0.25, -0.2) is 0 Å². The number of amides is 3. The average molecular weight is 503 g/mol. The molecule has 0 spiro atoms. The van der Waals surface area contributed by atoms with Crippen LogP contribution in [-0.2, 0) is 4.79 Å². The summed E-state index contributed by atoms with van der Waals surface area (Å²) in [4.78, 5) is 53.5. The number of methoxy groups -OCH3 is 3. The lowest BCUT2D eigenvalue weighted by Crippen LogP contribution is -2.67. The van der Waals surface area contributed by atoms with Gasteiger partial charge in [-0.3, -0.25) is 29.4 Å². The summed E-state index contributed by atoms with van der Waals surface area (Å²) in [5.41, 5.74) is 0.175. The van der Waals surface area contributed by atoms with Crippen molar-refractivity contribution in [1.82, 2.24) is 4.90 Å². The molecule has 3 aromatic carbocycles. The van der Waals surface area contributed by atoms with Crippen LogP contribution in [0.25, 0.3) is 0 Å². The number of nitrogens with zero attached hydrogens (tertiary/aromatic N) is 3. The van der Waals surface area contributed by atoms with Crippen LogP contribution in [0, 0.1) is 10.1 Å². The highest BCUT2D eigenvalue weighted by atomic mass is 16.6. The molecular weight excluding hydrogens is 482 g/mol. The van der Waals surface area contributed by atoms with Crippen LogP contribution in [0.1, 0.15) is 32.3 Å². The van der Waals surface area contributed by atoms with Crippen LogP contribution in [0.5, 0.6) is 17.2 Å². The molecular formula is C26H21N3O8. The van der Waals surface area contributed by atoms with Gasteiger partial charge in [-0.05, 0) is 48.0 Å². The summed E-state index contributed by atoms with van der Waals surface area (Å²) in [7, 11) is 4.48. The molecule has 1 saturated heterocycles. The van der Waals surface area contributed by atoms with Gasteiger partial charge >= 0.3 is 0 Å². The first-order chi connectivity index (χ1) is 17.8. The van der Waals surface area contributed by atoms with Crippen molar-refractivity contribution in [2.75, 3.05) is 26.2 Å². The van der Waals surface area contributed by atoms with Crippen molar-refractivity contribution < 1.29 is 33.5 Å². The SMILES string of the molecule is COc1ccc(N2C(=O)[C@H](N3C(=O)c4cccc([N+](=O)[O-])c4C3=O)[C@H]2c2ccc(OC)c(OC)c2)cc1. The van der Waals surface area contributed by atoms with Crippen LogP contribution in [0.15, 0.2) is 60.7 Å². The molecule has 11 nitrogen and oxygen atoms in total. The van der Waals surface area contributed by atoms with E-state index in [4.69, 9.17) is 14.2 Å². The third-order valence-corrected chi connectivity index (χ3v) is 6.57. The highest BCUT2D eigenvalue weighted by Gasteiger charge is 2.58. The van der Waals surface area contributed by atoms with E-state index in [1.165, 1.54) is 38.4 Å². The van der Waals surface area contributed by atoms with Gasteiger partial charge < -0.3 is 19.1 Å². The molecule has 0 radical (unpaired) electrons. The highest BCUT2D eigenvalue weighted by Crippen LogP contribution is 2.46. The van der Waals surface area contributed by atoms with E-state index in [0.29, 0.717) is 28.5 Å². The fourth-order valence-electron chi connectivity index (χ4n) is 4.81. The molecule has 1 fully saturated rings. The van der Waals surface area contributed by atoms with Crippen molar-refractivity contribution in [2.24, 2.45) is 0 Å². The number of hydrogen-bond donors (Lipinski definition) is 0. The summed E-state index contributed by atoms with van der Waals surface area (Å²) in [6.07, 6.45) is 0. The van der Waals surface area contributed by atoms with Crippen LogP contribution in [0.2, 0.25) is 0 Å². The van der Waals surface area contributed by atoms with Crippen molar-refractivity contribution in [3.63, 3.8) is 0 Å². The van der Waals surface area contributed by atoms with E-state index in [0.717, 1.165) is 11.0 Å². The Labute approximate surface area is 210 Å². The second-order valence-corrected chi connectivity index (χ2v) is 8.35. The fourth-order valence-corrected chi connectivity index (χ4v) is 4.81. The highest BCUT2D eigenvalue weighted by molar-refractivity contribution is 6.26. The molecule has 0 aromatic heterocycles. The lowest BCUT2D eigenvalue weighted by molar-refractivity contribution is -0.385. The summed E-state index contributed by atoms with van der Waals surface area (Å²) in [5, 5.41) is 11.6. The maximum atomic E-state index is 13.6.